The van der Waals surface area contributed by atoms with Gasteiger partial charge in [0.25, 0.3) is 5.91 Å². The van der Waals surface area contributed by atoms with Gasteiger partial charge in [-0.3, -0.25) is 20.4 Å². The van der Waals surface area contributed by atoms with Crippen LogP contribution in [-0.4, -0.2) is 26.0 Å². The summed E-state index contributed by atoms with van der Waals surface area (Å²) in [7, 11) is -3.81. The maximum absolute atomic E-state index is 12.6. The second-order valence-corrected chi connectivity index (χ2v) is 9.26. The average Bonchev–Trinajstić information content (AvgIpc) is 2.81. The Balaban J connectivity index is 1.54. The lowest BCUT2D eigenvalue weighted by molar-refractivity contribution is -0.119. The van der Waals surface area contributed by atoms with Gasteiger partial charge in [-0.15, -0.1) is 11.8 Å². The van der Waals surface area contributed by atoms with Crippen molar-refractivity contribution in [2.45, 2.75) is 16.3 Å². The van der Waals surface area contributed by atoms with Crippen LogP contribution < -0.4 is 15.6 Å². The number of benzene rings is 3. The molecular weight excluding hydrogens is 434 g/mol. The summed E-state index contributed by atoms with van der Waals surface area (Å²) in [5.41, 5.74) is 5.56. The molecule has 0 fully saturated rings. The highest BCUT2D eigenvalue weighted by atomic mass is 32.2. The summed E-state index contributed by atoms with van der Waals surface area (Å²) in [5.74, 6) is -0.865. The number of hydrazine groups is 1. The van der Waals surface area contributed by atoms with E-state index in [0.717, 1.165) is 10.5 Å². The number of sulfonamides is 1. The SMILES string of the molecule is O=C(CSc1ccccc1)NNC(=O)c1cccc(S(=O)(=O)NCc2ccccc2)c1. The third-order valence-corrected chi connectivity index (χ3v) is 6.56. The van der Waals surface area contributed by atoms with Gasteiger partial charge in [0.1, 0.15) is 0 Å². The van der Waals surface area contributed by atoms with Crippen LogP contribution >= 0.6 is 11.8 Å². The van der Waals surface area contributed by atoms with Crippen molar-refractivity contribution < 1.29 is 18.0 Å². The summed E-state index contributed by atoms with van der Waals surface area (Å²) >= 11 is 1.33. The van der Waals surface area contributed by atoms with E-state index < -0.39 is 15.9 Å². The fourth-order valence-electron chi connectivity index (χ4n) is 2.56. The molecule has 0 radical (unpaired) electrons. The average molecular weight is 456 g/mol. The molecule has 0 aliphatic rings. The van der Waals surface area contributed by atoms with Crippen LogP contribution in [0.25, 0.3) is 0 Å². The molecular formula is C22H21N3O4S2. The third kappa shape index (κ3) is 6.95. The molecule has 9 heteroatoms. The van der Waals surface area contributed by atoms with E-state index in [9.17, 15) is 18.0 Å². The molecule has 31 heavy (non-hydrogen) atoms. The first kappa shape index (κ1) is 22.5. The van der Waals surface area contributed by atoms with E-state index in [4.69, 9.17) is 0 Å². The van der Waals surface area contributed by atoms with Crippen LogP contribution in [0.15, 0.2) is 94.7 Å². The first-order valence-electron chi connectivity index (χ1n) is 9.35. The molecule has 0 saturated heterocycles. The minimum absolute atomic E-state index is 0.0398. The van der Waals surface area contributed by atoms with Gasteiger partial charge >= 0.3 is 0 Å². The van der Waals surface area contributed by atoms with E-state index >= 15 is 0 Å². The lowest BCUT2D eigenvalue weighted by Gasteiger charge is -2.10. The summed E-state index contributed by atoms with van der Waals surface area (Å²) in [6, 6.07) is 24.1. The number of nitrogens with one attached hydrogen (secondary N) is 3. The molecule has 0 saturated carbocycles. The number of carbonyl (C=O) groups excluding carboxylic acids is 2. The number of rotatable bonds is 8. The van der Waals surface area contributed by atoms with Gasteiger partial charge in [0.15, 0.2) is 0 Å². The number of thioether (sulfide) groups is 1. The second kappa shape index (κ2) is 10.8. The lowest BCUT2D eigenvalue weighted by Crippen LogP contribution is -2.42. The molecule has 160 valence electrons. The van der Waals surface area contributed by atoms with Crippen LogP contribution in [0.3, 0.4) is 0 Å². The predicted molar refractivity (Wildman–Crippen MR) is 120 cm³/mol. The van der Waals surface area contributed by atoms with E-state index in [0.29, 0.717) is 0 Å². The van der Waals surface area contributed by atoms with Gasteiger partial charge in [0.2, 0.25) is 15.9 Å². The minimum atomic E-state index is -3.81. The molecule has 2 amide bonds. The van der Waals surface area contributed by atoms with Crippen molar-refractivity contribution in [3.05, 3.63) is 96.1 Å². The van der Waals surface area contributed by atoms with Crippen LogP contribution in [0.1, 0.15) is 15.9 Å². The van der Waals surface area contributed by atoms with Crippen molar-refractivity contribution in [1.29, 1.82) is 0 Å². The third-order valence-electron chi connectivity index (χ3n) is 4.14. The Hall–Kier alpha value is -3.14. The first-order valence-corrected chi connectivity index (χ1v) is 11.8. The Kier molecular flexibility index (Phi) is 7.82. The zero-order chi connectivity index (χ0) is 22.1. The fourth-order valence-corrected chi connectivity index (χ4v) is 4.35. The predicted octanol–water partition coefficient (Wildman–Crippen LogP) is 2.72. The van der Waals surface area contributed by atoms with Gasteiger partial charge in [-0.05, 0) is 35.9 Å². The van der Waals surface area contributed by atoms with Gasteiger partial charge in [0.05, 0.1) is 10.6 Å². The largest absolute Gasteiger partial charge is 0.272 e. The van der Waals surface area contributed by atoms with Crippen LogP contribution in [0.4, 0.5) is 0 Å². The van der Waals surface area contributed by atoms with E-state index in [2.05, 4.69) is 15.6 Å². The normalized spacial score (nSPS) is 11.0. The molecule has 0 aliphatic carbocycles. The molecule has 3 aromatic carbocycles. The molecule has 0 spiro atoms. The highest BCUT2D eigenvalue weighted by Crippen LogP contribution is 2.16. The van der Waals surface area contributed by atoms with Gasteiger partial charge in [-0.25, -0.2) is 13.1 Å². The van der Waals surface area contributed by atoms with E-state index in [1.807, 2.05) is 60.7 Å². The van der Waals surface area contributed by atoms with Gasteiger partial charge < -0.3 is 0 Å². The molecule has 3 rings (SSSR count). The van der Waals surface area contributed by atoms with Crippen molar-refractivity contribution in [3.8, 4) is 0 Å². The van der Waals surface area contributed by atoms with E-state index in [-0.39, 0.29) is 28.7 Å². The fraction of sp³-hybridized carbons (Fsp3) is 0.0909. The summed E-state index contributed by atoms with van der Waals surface area (Å²) in [6.45, 7) is 0.134. The minimum Gasteiger partial charge on any atom is -0.272 e. The van der Waals surface area contributed by atoms with Gasteiger partial charge in [-0.1, -0.05) is 54.6 Å². The standard InChI is InChI=1S/C22H21N3O4S2/c26-21(16-30-19-11-5-2-6-12-19)24-25-22(27)18-10-7-13-20(14-18)31(28,29)23-15-17-8-3-1-4-9-17/h1-14,23H,15-16H2,(H,24,26)(H,25,27). The Morgan fingerprint density at radius 1 is 0.806 bits per heavy atom. The molecule has 0 atom stereocenters. The zero-order valence-electron chi connectivity index (χ0n) is 16.4. The smallest absolute Gasteiger partial charge is 0.269 e. The Morgan fingerprint density at radius 2 is 1.48 bits per heavy atom. The monoisotopic (exact) mass is 455 g/mol. The van der Waals surface area contributed by atoms with Gasteiger partial charge in [-0.2, -0.15) is 0 Å². The topological polar surface area (TPSA) is 104 Å². The Labute approximate surface area is 185 Å². The summed E-state index contributed by atoms with van der Waals surface area (Å²) in [5, 5.41) is 0. The summed E-state index contributed by atoms with van der Waals surface area (Å²) < 4.78 is 27.6. The van der Waals surface area contributed by atoms with Crippen molar-refractivity contribution >= 4 is 33.6 Å². The number of hydrogen-bond donors (Lipinski definition) is 3. The van der Waals surface area contributed by atoms with Crippen molar-refractivity contribution in [1.82, 2.24) is 15.6 Å². The highest BCUT2D eigenvalue weighted by Gasteiger charge is 2.16. The van der Waals surface area contributed by atoms with Crippen LogP contribution in [0.5, 0.6) is 0 Å². The lowest BCUT2D eigenvalue weighted by atomic mass is 10.2. The first-order chi connectivity index (χ1) is 14.9. The molecule has 0 bridgehead atoms. The second-order valence-electron chi connectivity index (χ2n) is 6.44. The molecule has 3 aromatic rings. The van der Waals surface area contributed by atoms with E-state index in [1.165, 1.54) is 36.0 Å². The molecule has 0 aliphatic heterocycles. The molecule has 0 aromatic heterocycles. The number of hydrogen-bond acceptors (Lipinski definition) is 5. The Bertz CT molecular complexity index is 1140. The summed E-state index contributed by atoms with van der Waals surface area (Å²) in [6.07, 6.45) is 0. The zero-order valence-corrected chi connectivity index (χ0v) is 18.1. The quantitative estimate of drug-likeness (QED) is 0.358. The Morgan fingerprint density at radius 3 is 2.19 bits per heavy atom. The highest BCUT2D eigenvalue weighted by molar-refractivity contribution is 8.00. The summed E-state index contributed by atoms with van der Waals surface area (Å²) in [4.78, 5) is 25.2. The van der Waals surface area contributed by atoms with Crippen molar-refractivity contribution in [2.75, 3.05) is 5.75 Å². The molecule has 7 nitrogen and oxygen atoms in total. The van der Waals surface area contributed by atoms with Crippen LogP contribution in [0, 0.1) is 0 Å². The number of carbonyl (C=O) groups is 2. The van der Waals surface area contributed by atoms with Crippen molar-refractivity contribution in [3.63, 3.8) is 0 Å². The number of amides is 2. The maximum Gasteiger partial charge on any atom is 0.269 e. The van der Waals surface area contributed by atoms with Crippen LogP contribution in [0.2, 0.25) is 0 Å². The molecule has 0 heterocycles. The maximum atomic E-state index is 12.6. The van der Waals surface area contributed by atoms with E-state index in [1.54, 1.807) is 0 Å². The molecule has 0 unspecified atom stereocenters. The molecule has 3 N–H and O–H groups in total. The van der Waals surface area contributed by atoms with Crippen molar-refractivity contribution in [2.24, 2.45) is 0 Å². The van der Waals surface area contributed by atoms with Crippen LogP contribution in [-0.2, 0) is 21.4 Å². The van der Waals surface area contributed by atoms with Gasteiger partial charge in [0, 0.05) is 17.0 Å².